The summed E-state index contributed by atoms with van der Waals surface area (Å²) < 4.78 is 40.3. The molecule has 29 heavy (non-hydrogen) atoms. The predicted octanol–water partition coefficient (Wildman–Crippen LogP) is 2.63. The van der Waals surface area contributed by atoms with E-state index in [9.17, 15) is 17.6 Å². The van der Waals surface area contributed by atoms with Gasteiger partial charge in [0.05, 0.1) is 5.75 Å². The van der Waals surface area contributed by atoms with E-state index in [1.807, 2.05) is 0 Å². The Morgan fingerprint density at radius 2 is 1.79 bits per heavy atom. The largest absolute Gasteiger partial charge is 0.339 e. The number of hydrogen-bond acceptors (Lipinski definition) is 6. The van der Waals surface area contributed by atoms with Gasteiger partial charge in [0.15, 0.2) is 0 Å². The van der Waals surface area contributed by atoms with Crippen LogP contribution in [-0.4, -0.2) is 24.5 Å². The highest BCUT2D eigenvalue weighted by Crippen LogP contribution is 2.17. The normalized spacial score (nSPS) is 11.4. The second kappa shape index (κ2) is 8.93. The van der Waals surface area contributed by atoms with Gasteiger partial charge in [-0.2, -0.15) is 4.98 Å². The van der Waals surface area contributed by atoms with Crippen molar-refractivity contribution < 1.29 is 22.1 Å². The molecule has 0 radical (unpaired) electrons. The zero-order chi connectivity index (χ0) is 20.9. The number of benzene rings is 2. The summed E-state index contributed by atoms with van der Waals surface area (Å²) in [6, 6.07) is 12.2. The third-order valence-corrected chi connectivity index (χ3v) is 4.71. The standard InChI is InChI=1S/C19H19FN4O4S/c20-15-8-6-14(7-9-15)19-23-18(28-24-19)3-1-2-17(25)22-16-10-4-13(5-11-16)12-29(21,26)27/h4-11H,1-3,12H2,(H,22,25)(H2,21,26,27). The molecule has 3 aromatic rings. The van der Waals surface area contributed by atoms with Crippen LogP contribution < -0.4 is 10.5 Å². The van der Waals surface area contributed by atoms with Crippen molar-refractivity contribution in [3.8, 4) is 11.4 Å². The van der Waals surface area contributed by atoms with Crippen LogP contribution in [0.1, 0.15) is 24.3 Å². The number of carbonyl (C=O) groups is 1. The second-order valence-electron chi connectivity index (χ2n) is 6.42. The number of hydrogen-bond donors (Lipinski definition) is 2. The molecule has 0 aliphatic heterocycles. The molecule has 0 bridgehead atoms. The minimum absolute atomic E-state index is 0.192. The molecular weight excluding hydrogens is 399 g/mol. The van der Waals surface area contributed by atoms with E-state index in [4.69, 9.17) is 9.66 Å². The Labute approximate surface area is 167 Å². The minimum atomic E-state index is -3.59. The molecule has 0 aliphatic rings. The molecule has 0 aliphatic carbocycles. The number of anilines is 1. The highest BCUT2D eigenvalue weighted by atomic mass is 32.2. The van der Waals surface area contributed by atoms with Crippen molar-refractivity contribution in [3.63, 3.8) is 0 Å². The van der Waals surface area contributed by atoms with Crippen molar-refractivity contribution in [2.75, 3.05) is 5.32 Å². The van der Waals surface area contributed by atoms with Crippen LogP contribution in [0, 0.1) is 5.82 Å². The van der Waals surface area contributed by atoms with Gasteiger partial charge in [-0.1, -0.05) is 17.3 Å². The lowest BCUT2D eigenvalue weighted by Gasteiger charge is -2.06. The van der Waals surface area contributed by atoms with Crippen molar-refractivity contribution in [1.29, 1.82) is 0 Å². The van der Waals surface area contributed by atoms with Gasteiger partial charge in [0, 0.05) is 24.1 Å². The number of rotatable bonds is 8. The topological polar surface area (TPSA) is 128 Å². The monoisotopic (exact) mass is 418 g/mol. The van der Waals surface area contributed by atoms with Gasteiger partial charge in [0.2, 0.25) is 27.6 Å². The van der Waals surface area contributed by atoms with Crippen molar-refractivity contribution in [3.05, 3.63) is 65.8 Å². The van der Waals surface area contributed by atoms with Crippen LogP contribution in [0.5, 0.6) is 0 Å². The van der Waals surface area contributed by atoms with E-state index in [-0.39, 0.29) is 23.9 Å². The van der Waals surface area contributed by atoms with Crippen LogP contribution in [0.15, 0.2) is 53.1 Å². The first-order chi connectivity index (χ1) is 13.8. The van der Waals surface area contributed by atoms with Crippen LogP contribution in [0.4, 0.5) is 10.1 Å². The van der Waals surface area contributed by atoms with Gasteiger partial charge < -0.3 is 9.84 Å². The average molecular weight is 418 g/mol. The van der Waals surface area contributed by atoms with E-state index < -0.39 is 10.0 Å². The van der Waals surface area contributed by atoms with E-state index in [1.54, 1.807) is 36.4 Å². The number of carbonyl (C=O) groups excluding carboxylic acids is 1. The Morgan fingerprint density at radius 3 is 2.45 bits per heavy atom. The molecule has 0 saturated carbocycles. The van der Waals surface area contributed by atoms with Gasteiger partial charge in [-0.3, -0.25) is 4.79 Å². The van der Waals surface area contributed by atoms with Crippen molar-refractivity contribution in [2.45, 2.75) is 25.0 Å². The number of halogens is 1. The number of sulfonamides is 1. The number of nitrogens with zero attached hydrogens (tertiary/aromatic N) is 2. The van der Waals surface area contributed by atoms with Gasteiger partial charge in [-0.05, 0) is 48.4 Å². The summed E-state index contributed by atoms with van der Waals surface area (Å²) in [5.74, 6) is -0.0378. The van der Waals surface area contributed by atoms with E-state index in [0.717, 1.165) is 0 Å². The third-order valence-electron chi connectivity index (χ3n) is 3.97. The number of primary sulfonamides is 1. The fourth-order valence-corrected chi connectivity index (χ4v) is 3.27. The smallest absolute Gasteiger partial charge is 0.226 e. The summed E-state index contributed by atoms with van der Waals surface area (Å²) in [4.78, 5) is 16.3. The molecule has 3 N–H and O–H groups in total. The molecule has 0 atom stereocenters. The highest BCUT2D eigenvalue weighted by molar-refractivity contribution is 7.88. The first-order valence-electron chi connectivity index (χ1n) is 8.76. The van der Waals surface area contributed by atoms with E-state index in [1.165, 1.54) is 12.1 Å². The van der Waals surface area contributed by atoms with Crippen LogP contribution >= 0.6 is 0 Å². The molecular formula is C19H19FN4O4S. The van der Waals surface area contributed by atoms with Crippen molar-refractivity contribution in [2.24, 2.45) is 5.14 Å². The van der Waals surface area contributed by atoms with Gasteiger partial charge in [-0.15, -0.1) is 0 Å². The summed E-state index contributed by atoms with van der Waals surface area (Å²) >= 11 is 0. The fourth-order valence-electron chi connectivity index (χ4n) is 2.61. The molecule has 152 valence electrons. The molecule has 10 heteroatoms. The maximum atomic E-state index is 13.0. The SMILES string of the molecule is NS(=O)(=O)Cc1ccc(NC(=O)CCCc2nc(-c3ccc(F)cc3)no2)cc1. The summed E-state index contributed by atoms with van der Waals surface area (Å²) in [5, 5.41) is 11.6. The highest BCUT2D eigenvalue weighted by Gasteiger charge is 2.10. The second-order valence-corrected chi connectivity index (χ2v) is 8.04. The van der Waals surface area contributed by atoms with Gasteiger partial charge in [0.1, 0.15) is 5.82 Å². The molecule has 0 fully saturated rings. The van der Waals surface area contributed by atoms with Crippen molar-refractivity contribution >= 4 is 21.6 Å². The Morgan fingerprint density at radius 1 is 1.10 bits per heavy atom. The molecule has 0 spiro atoms. The average Bonchev–Trinajstić information content (AvgIpc) is 3.12. The van der Waals surface area contributed by atoms with Gasteiger partial charge >= 0.3 is 0 Å². The first-order valence-corrected chi connectivity index (χ1v) is 10.5. The zero-order valence-corrected chi connectivity index (χ0v) is 16.2. The van der Waals surface area contributed by atoms with Crippen LogP contribution in [0.25, 0.3) is 11.4 Å². The number of aromatic nitrogens is 2. The van der Waals surface area contributed by atoms with Gasteiger partial charge in [0.25, 0.3) is 0 Å². The Hall–Kier alpha value is -3.11. The molecule has 1 amide bonds. The molecule has 8 nitrogen and oxygen atoms in total. The maximum absolute atomic E-state index is 13.0. The van der Waals surface area contributed by atoms with Crippen LogP contribution in [0.3, 0.4) is 0 Å². The predicted molar refractivity (Wildman–Crippen MR) is 105 cm³/mol. The summed E-state index contributed by atoms with van der Waals surface area (Å²) in [6.45, 7) is 0. The van der Waals surface area contributed by atoms with E-state index in [0.29, 0.717) is 41.4 Å². The Kier molecular flexibility index (Phi) is 6.35. The summed E-state index contributed by atoms with van der Waals surface area (Å²) in [6.07, 6.45) is 1.17. The zero-order valence-electron chi connectivity index (χ0n) is 15.3. The number of nitrogens with one attached hydrogen (secondary N) is 1. The molecule has 0 saturated heterocycles. The van der Waals surface area contributed by atoms with Crippen LogP contribution in [0.2, 0.25) is 0 Å². The van der Waals surface area contributed by atoms with Crippen LogP contribution in [-0.2, 0) is 27.0 Å². The molecule has 1 aromatic heterocycles. The number of amides is 1. The quantitative estimate of drug-likeness (QED) is 0.579. The molecule has 3 rings (SSSR count). The lowest BCUT2D eigenvalue weighted by molar-refractivity contribution is -0.116. The van der Waals surface area contributed by atoms with E-state index >= 15 is 0 Å². The molecule has 0 unspecified atom stereocenters. The summed E-state index contributed by atoms with van der Waals surface area (Å²) in [5.41, 5.74) is 1.74. The molecule has 1 heterocycles. The Bertz CT molecular complexity index is 1080. The number of nitrogens with two attached hydrogens (primary N) is 1. The third kappa shape index (κ3) is 6.47. The number of aryl methyl sites for hydroxylation is 1. The first kappa shape index (κ1) is 20.6. The lowest BCUT2D eigenvalue weighted by atomic mass is 10.2. The summed E-state index contributed by atoms with van der Waals surface area (Å²) in [7, 11) is -3.59. The fraction of sp³-hybridized carbons (Fsp3) is 0.211. The Balaban J connectivity index is 1.46. The lowest BCUT2D eigenvalue weighted by Crippen LogP contribution is -2.14. The van der Waals surface area contributed by atoms with Gasteiger partial charge in [-0.25, -0.2) is 17.9 Å². The minimum Gasteiger partial charge on any atom is -0.339 e. The molecule has 2 aromatic carbocycles. The van der Waals surface area contributed by atoms with E-state index in [2.05, 4.69) is 15.5 Å². The van der Waals surface area contributed by atoms with Crippen molar-refractivity contribution in [1.82, 2.24) is 10.1 Å². The maximum Gasteiger partial charge on any atom is 0.226 e.